The summed E-state index contributed by atoms with van der Waals surface area (Å²) in [6.45, 7) is 11.2. The summed E-state index contributed by atoms with van der Waals surface area (Å²) in [5, 5.41) is 4.95. The topological polar surface area (TPSA) is 47.0 Å². The maximum atomic E-state index is 5.22. The lowest BCUT2D eigenvalue weighted by molar-refractivity contribution is 0.0454. The largest absolute Gasteiger partial charge is 0.379 e. The van der Waals surface area contributed by atoms with E-state index in [0.717, 1.165) is 42.8 Å². The number of nitrogens with one attached hydrogen (secondary N) is 1. The monoisotopic (exact) mass is 281 g/mol. The molecule has 0 spiro atoms. The van der Waals surface area contributed by atoms with E-state index in [2.05, 4.69) is 38.0 Å². The van der Waals surface area contributed by atoms with Crippen molar-refractivity contribution in [2.24, 2.45) is 0 Å². The third-order valence-electron chi connectivity index (χ3n) is 2.82. The number of hydrogen-bond donors (Lipinski definition) is 1. The number of ether oxygens (including phenoxy) is 1. The molecule has 4 nitrogen and oxygen atoms in total. The Balaban J connectivity index is 2.19. The van der Waals surface area contributed by atoms with Gasteiger partial charge in [0.15, 0.2) is 0 Å². The molecule has 1 aromatic heterocycles. The van der Waals surface area contributed by atoms with E-state index >= 15 is 0 Å². The van der Waals surface area contributed by atoms with Gasteiger partial charge in [-0.1, -0.05) is 39.5 Å². The average molecular weight is 281 g/mol. The van der Waals surface area contributed by atoms with Crippen molar-refractivity contribution in [1.82, 2.24) is 9.97 Å². The molecule has 0 bridgehead atoms. The van der Waals surface area contributed by atoms with Crippen LogP contribution in [0.4, 0.5) is 5.82 Å². The number of anilines is 1. The van der Waals surface area contributed by atoms with Crippen LogP contribution in [0.2, 0.25) is 0 Å². The highest BCUT2D eigenvalue weighted by Crippen LogP contribution is 2.30. The minimum absolute atomic E-state index is 0.0324. The standard InChI is InChI=1S/C14H23N3OS/c1-5-6-15-11-7-12(19-10-8-18-9-10)17-13(16-11)14(2,3)4/h7,10H,5-6,8-9H2,1-4H3,(H,15,16,17). The maximum absolute atomic E-state index is 5.22. The third-order valence-corrected chi connectivity index (χ3v) is 3.88. The van der Waals surface area contributed by atoms with Crippen molar-refractivity contribution < 1.29 is 4.74 Å². The zero-order valence-electron chi connectivity index (χ0n) is 12.2. The van der Waals surface area contributed by atoms with Crippen molar-refractivity contribution in [1.29, 1.82) is 0 Å². The first kappa shape index (κ1) is 14.6. The van der Waals surface area contributed by atoms with Gasteiger partial charge in [0.1, 0.15) is 16.7 Å². The van der Waals surface area contributed by atoms with Crippen molar-refractivity contribution in [2.45, 2.75) is 49.8 Å². The van der Waals surface area contributed by atoms with E-state index in [-0.39, 0.29) is 5.41 Å². The number of hydrogen-bond acceptors (Lipinski definition) is 5. The second-order valence-corrected chi connectivity index (χ2v) is 7.19. The number of nitrogens with zero attached hydrogens (tertiary/aromatic N) is 2. The van der Waals surface area contributed by atoms with E-state index in [1.165, 1.54) is 0 Å². The average Bonchev–Trinajstić information content (AvgIpc) is 2.30. The predicted molar refractivity (Wildman–Crippen MR) is 80.0 cm³/mol. The van der Waals surface area contributed by atoms with Crippen LogP contribution in [0.3, 0.4) is 0 Å². The van der Waals surface area contributed by atoms with E-state index in [1.807, 2.05) is 6.07 Å². The Morgan fingerprint density at radius 1 is 1.37 bits per heavy atom. The van der Waals surface area contributed by atoms with Crippen molar-refractivity contribution in [3.63, 3.8) is 0 Å². The van der Waals surface area contributed by atoms with E-state index in [1.54, 1.807) is 11.8 Å². The summed E-state index contributed by atoms with van der Waals surface area (Å²) in [4.78, 5) is 9.32. The Kier molecular flexibility index (Phi) is 4.68. The number of aromatic nitrogens is 2. The zero-order chi connectivity index (χ0) is 13.9. The lowest BCUT2D eigenvalue weighted by atomic mass is 9.96. The van der Waals surface area contributed by atoms with Gasteiger partial charge in [-0.3, -0.25) is 0 Å². The van der Waals surface area contributed by atoms with Crippen LogP contribution in [0.1, 0.15) is 39.9 Å². The van der Waals surface area contributed by atoms with Crippen LogP contribution in [-0.2, 0) is 10.2 Å². The van der Waals surface area contributed by atoms with Gasteiger partial charge in [0, 0.05) is 18.0 Å². The second-order valence-electron chi connectivity index (χ2n) is 5.87. The summed E-state index contributed by atoms with van der Waals surface area (Å²) in [6.07, 6.45) is 1.09. The highest BCUT2D eigenvalue weighted by atomic mass is 32.2. The molecule has 1 saturated heterocycles. The Bertz CT molecular complexity index is 427. The number of thioether (sulfide) groups is 1. The molecule has 1 fully saturated rings. The summed E-state index contributed by atoms with van der Waals surface area (Å²) in [6, 6.07) is 2.05. The van der Waals surface area contributed by atoms with E-state index < -0.39 is 0 Å². The molecule has 19 heavy (non-hydrogen) atoms. The highest BCUT2D eigenvalue weighted by molar-refractivity contribution is 8.00. The molecular weight excluding hydrogens is 258 g/mol. The number of rotatable bonds is 5. The molecule has 1 aliphatic heterocycles. The highest BCUT2D eigenvalue weighted by Gasteiger charge is 2.23. The van der Waals surface area contributed by atoms with Gasteiger partial charge in [-0.2, -0.15) is 0 Å². The third kappa shape index (κ3) is 4.08. The second kappa shape index (κ2) is 6.09. The van der Waals surface area contributed by atoms with E-state index in [0.29, 0.717) is 5.25 Å². The van der Waals surface area contributed by atoms with Crippen LogP contribution in [0, 0.1) is 0 Å². The molecule has 0 aromatic carbocycles. The summed E-state index contributed by atoms with van der Waals surface area (Å²) in [7, 11) is 0. The molecule has 1 aliphatic rings. The molecule has 5 heteroatoms. The van der Waals surface area contributed by atoms with Gasteiger partial charge in [-0.05, 0) is 6.42 Å². The first-order valence-corrected chi connectivity index (χ1v) is 7.75. The Morgan fingerprint density at radius 2 is 2.11 bits per heavy atom. The molecule has 0 saturated carbocycles. The predicted octanol–water partition coefficient (Wildman–Crippen LogP) is 3.09. The smallest absolute Gasteiger partial charge is 0.137 e. The molecule has 0 unspecified atom stereocenters. The van der Waals surface area contributed by atoms with Crippen molar-refractivity contribution in [3.05, 3.63) is 11.9 Å². The lowest BCUT2D eigenvalue weighted by Gasteiger charge is -2.25. The lowest BCUT2D eigenvalue weighted by Crippen LogP contribution is -2.30. The fraction of sp³-hybridized carbons (Fsp3) is 0.714. The quantitative estimate of drug-likeness (QED) is 0.840. The molecule has 2 heterocycles. The van der Waals surface area contributed by atoms with Gasteiger partial charge in [0.25, 0.3) is 0 Å². The van der Waals surface area contributed by atoms with Crippen LogP contribution < -0.4 is 5.32 Å². The van der Waals surface area contributed by atoms with Crippen molar-refractivity contribution in [3.8, 4) is 0 Å². The first-order chi connectivity index (χ1) is 8.99. The maximum Gasteiger partial charge on any atom is 0.137 e. The van der Waals surface area contributed by atoms with Crippen LogP contribution in [0.5, 0.6) is 0 Å². The molecule has 0 aliphatic carbocycles. The van der Waals surface area contributed by atoms with Gasteiger partial charge in [0.2, 0.25) is 0 Å². The van der Waals surface area contributed by atoms with Crippen molar-refractivity contribution >= 4 is 17.6 Å². The van der Waals surface area contributed by atoms with Gasteiger partial charge in [-0.25, -0.2) is 9.97 Å². The van der Waals surface area contributed by atoms with Gasteiger partial charge in [0.05, 0.1) is 18.5 Å². The summed E-state index contributed by atoms with van der Waals surface area (Å²) >= 11 is 1.79. The van der Waals surface area contributed by atoms with Crippen LogP contribution in [-0.4, -0.2) is 35.0 Å². The first-order valence-electron chi connectivity index (χ1n) is 6.87. The SMILES string of the molecule is CCCNc1cc(SC2COC2)nc(C(C)(C)C)n1. The van der Waals surface area contributed by atoms with Gasteiger partial charge in [-0.15, -0.1) is 0 Å². The normalized spacial score (nSPS) is 16.2. The van der Waals surface area contributed by atoms with Crippen LogP contribution in [0.25, 0.3) is 0 Å². The Morgan fingerprint density at radius 3 is 2.63 bits per heavy atom. The van der Waals surface area contributed by atoms with Crippen molar-refractivity contribution in [2.75, 3.05) is 25.1 Å². The van der Waals surface area contributed by atoms with E-state index in [9.17, 15) is 0 Å². The van der Waals surface area contributed by atoms with Gasteiger partial charge >= 0.3 is 0 Å². The van der Waals surface area contributed by atoms with Crippen LogP contribution in [0.15, 0.2) is 11.1 Å². The minimum Gasteiger partial charge on any atom is -0.379 e. The van der Waals surface area contributed by atoms with Gasteiger partial charge < -0.3 is 10.1 Å². The Hall–Kier alpha value is -0.810. The molecule has 0 radical (unpaired) electrons. The summed E-state index contributed by atoms with van der Waals surface area (Å²) < 4.78 is 5.22. The molecule has 0 atom stereocenters. The fourth-order valence-corrected chi connectivity index (χ4v) is 2.61. The summed E-state index contributed by atoms with van der Waals surface area (Å²) in [5.41, 5.74) is -0.0324. The molecule has 106 valence electrons. The molecular formula is C14H23N3OS. The molecule has 0 amide bonds. The molecule has 1 aromatic rings. The van der Waals surface area contributed by atoms with Crippen LogP contribution >= 0.6 is 11.8 Å². The minimum atomic E-state index is -0.0324. The molecule has 1 N–H and O–H groups in total. The molecule has 2 rings (SSSR count). The fourth-order valence-electron chi connectivity index (χ4n) is 1.62. The zero-order valence-corrected chi connectivity index (χ0v) is 13.0. The summed E-state index contributed by atoms with van der Waals surface area (Å²) in [5.74, 6) is 1.83. The Labute approximate surface area is 119 Å². The van der Waals surface area contributed by atoms with E-state index in [4.69, 9.17) is 9.72 Å².